The SMILES string of the molecule is c1ccc(C2NCCCC2NCc2ccccc2OC2CCCC2)cc1. The third-order valence-electron chi connectivity index (χ3n) is 5.74. The topological polar surface area (TPSA) is 33.3 Å². The van der Waals surface area contributed by atoms with Gasteiger partial charge in [0.1, 0.15) is 5.75 Å². The van der Waals surface area contributed by atoms with Crippen LogP contribution in [0.1, 0.15) is 55.7 Å². The minimum absolute atomic E-state index is 0.382. The highest BCUT2D eigenvalue weighted by atomic mass is 16.5. The smallest absolute Gasteiger partial charge is 0.124 e. The Hall–Kier alpha value is -1.84. The molecular weight excluding hydrogens is 320 g/mol. The zero-order valence-corrected chi connectivity index (χ0v) is 15.5. The predicted molar refractivity (Wildman–Crippen MR) is 106 cm³/mol. The Morgan fingerprint density at radius 1 is 0.885 bits per heavy atom. The molecule has 1 saturated carbocycles. The van der Waals surface area contributed by atoms with E-state index in [2.05, 4.69) is 65.2 Å². The molecule has 26 heavy (non-hydrogen) atoms. The fraction of sp³-hybridized carbons (Fsp3) is 0.478. The second-order valence-corrected chi connectivity index (χ2v) is 7.60. The molecule has 0 spiro atoms. The molecule has 0 amide bonds. The molecule has 2 aliphatic rings. The molecule has 2 unspecified atom stereocenters. The molecule has 1 aliphatic carbocycles. The maximum atomic E-state index is 6.30. The van der Waals surface area contributed by atoms with Gasteiger partial charge in [-0.25, -0.2) is 0 Å². The summed E-state index contributed by atoms with van der Waals surface area (Å²) in [4.78, 5) is 0. The zero-order valence-electron chi connectivity index (χ0n) is 15.5. The van der Waals surface area contributed by atoms with E-state index < -0.39 is 0 Å². The van der Waals surface area contributed by atoms with Crippen molar-refractivity contribution in [3.8, 4) is 5.75 Å². The van der Waals surface area contributed by atoms with Crippen molar-refractivity contribution >= 4 is 0 Å². The van der Waals surface area contributed by atoms with Crippen molar-refractivity contribution in [2.24, 2.45) is 0 Å². The van der Waals surface area contributed by atoms with E-state index in [4.69, 9.17) is 4.74 Å². The molecule has 0 bridgehead atoms. The molecule has 1 heterocycles. The average molecular weight is 351 g/mol. The molecule has 2 atom stereocenters. The molecule has 0 radical (unpaired) electrons. The van der Waals surface area contributed by atoms with Gasteiger partial charge in [-0.2, -0.15) is 0 Å². The van der Waals surface area contributed by atoms with Gasteiger partial charge in [0.15, 0.2) is 0 Å². The molecule has 138 valence electrons. The summed E-state index contributed by atoms with van der Waals surface area (Å²) in [5.74, 6) is 1.06. The van der Waals surface area contributed by atoms with Crippen LogP contribution in [-0.2, 0) is 6.54 Å². The number of piperidine rings is 1. The summed E-state index contributed by atoms with van der Waals surface area (Å²) in [7, 11) is 0. The molecule has 3 heteroatoms. The third-order valence-corrected chi connectivity index (χ3v) is 5.74. The molecule has 4 rings (SSSR count). The van der Waals surface area contributed by atoms with Crippen LogP contribution in [0, 0.1) is 0 Å². The number of hydrogen-bond acceptors (Lipinski definition) is 3. The predicted octanol–water partition coefficient (Wildman–Crippen LogP) is 4.59. The van der Waals surface area contributed by atoms with Gasteiger partial charge in [0.25, 0.3) is 0 Å². The quantitative estimate of drug-likeness (QED) is 0.799. The standard InChI is InChI=1S/C23H30N2O/c1-2-9-18(10-3-1)23-21(14-8-16-24-23)25-17-19-11-4-7-15-22(19)26-20-12-5-6-13-20/h1-4,7,9-11,15,20-21,23-25H,5-6,8,12-14,16-17H2. The van der Waals surface area contributed by atoms with Crippen LogP contribution in [0.2, 0.25) is 0 Å². The normalized spacial score (nSPS) is 23.8. The average Bonchev–Trinajstić information content (AvgIpc) is 3.21. The van der Waals surface area contributed by atoms with E-state index in [1.54, 1.807) is 0 Å². The summed E-state index contributed by atoms with van der Waals surface area (Å²) in [5.41, 5.74) is 2.65. The molecule has 3 nitrogen and oxygen atoms in total. The van der Waals surface area contributed by atoms with Gasteiger partial charge in [0.2, 0.25) is 0 Å². The summed E-state index contributed by atoms with van der Waals surface area (Å²) in [5, 5.41) is 7.51. The van der Waals surface area contributed by atoms with E-state index in [1.807, 2.05) is 0 Å². The Balaban J connectivity index is 1.42. The van der Waals surface area contributed by atoms with Crippen LogP contribution in [0.25, 0.3) is 0 Å². The first-order chi connectivity index (χ1) is 12.9. The first-order valence-electron chi connectivity index (χ1n) is 10.2. The summed E-state index contributed by atoms with van der Waals surface area (Å²) >= 11 is 0. The largest absolute Gasteiger partial charge is 0.490 e. The number of ether oxygens (including phenoxy) is 1. The van der Waals surface area contributed by atoms with Crippen molar-refractivity contribution in [2.45, 2.75) is 63.3 Å². The maximum absolute atomic E-state index is 6.30. The molecule has 2 aromatic rings. The highest BCUT2D eigenvalue weighted by Crippen LogP contribution is 2.28. The van der Waals surface area contributed by atoms with Crippen molar-refractivity contribution in [3.63, 3.8) is 0 Å². The van der Waals surface area contributed by atoms with Gasteiger partial charge in [-0.3, -0.25) is 0 Å². The number of para-hydroxylation sites is 1. The zero-order chi connectivity index (χ0) is 17.6. The number of benzene rings is 2. The molecule has 0 aromatic heterocycles. The van der Waals surface area contributed by atoms with Crippen LogP contribution >= 0.6 is 0 Å². The summed E-state index contributed by atoms with van der Waals surface area (Å²) in [6.07, 6.45) is 7.84. The van der Waals surface area contributed by atoms with Gasteiger partial charge in [-0.1, -0.05) is 48.5 Å². The van der Waals surface area contributed by atoms with Crippen LogP contribution in [0.4, 0.5) is 0 Å². The van der Waals surface area contributed by atoms with Crippen molar-refractivity contribution < 1.29 is 4.74 Å². The lowest BCUT2D eigenvalue weighted by molar-refractivity contribution is 0.206. The van der Waals surface area contributed by atoms with Crippen LogP contribution in [0.15, 0.2) is 54.6 Å². The highest BCUT2D eigenvalue weighted by Gasteiger charge is 2.26. The van der Waals surface area contributed by atoms with E-state index in [0.29, 0.717) is 18.2 Å². The van der Waals surface area contributed by atoms with E-state index in [9.17, 15) is 0 Å². The van der Waals surface area contributed by atoms with Gasteiger partial charge < -0.3 is 15.4 Å². The highest BCUT2D eigenvalue weighted by molar-refractivity contribution is 5.33. The maximum Gasteiger partial charge on any atom is 0.124 e. The van der Waals surface area contributed by atoms with E-state index in [0.717, 1.165) is 18.8 Å². The Morgan fingerprint density at radius 3 is 2.50 bits per heavy atom. The summed E-state index contributed by atoms with van der Waals surface area (Å²) in [6, 6.07) is 20.2. The van der Waals surface area contributed by atoms with Gasteiger partial charge in [-0.15, -0.1) is 0 Å². The Kier molecular flexibility index (Phi) is 5.88. The Labute approximate surface area is 157 Å². The second-order valence-electron chi connectivity index (χ2n) is 7.60. The second kappa shape index (κ2) is 8.70. The molecule has 2 N–H and O–H groups in total. The van der Waals surface area contributed by atoms with Crippen LogP contribution < -0.4 is 15.4 Å². The minimum atomic E-state index is 0.382. The molecule has 2 aromatic carbocycles. The van der Waals surface area contributed by atoms with Gasteiger partial charge in [0.05, 0.1) is 6.10 Å². The van der Waals surface area contributed by atoms with E-state index in [1.165, 1.54) is 49.7 Å². The number of nitrogens with one attached hydrogen (secondary N) is 2. The molecular formula is C23H30N2O. The monoisotopic (exact) mass is 350 g/mol. The Bertz CT molecular complexity index is 682. The van der Waals surface area contributed by atoms with E-state index >= 15 is 0 Å². The van der Waals surface area contributed by atoms with E-state index in [-0.39, 0.29) is 0 Å². The first kappa shape index (κ1) is 17.6. The van der Waals surface area contributed by atoms with Gasteiger partial charge in [0, 0.05) is 24.2 Å². The lowest BCUT2D eigenvalue weighted by atomic mass is 9.92. The fourth-order valence-corrected chi connectivity index (χ4v) is 4.31. The van der Waals surface area contributed by atoms with Crippen LogP contribution in [0.5, 0.6) is 5.75 Å². The summed E-state index contributed by atoms with van der Waals surface area (Å²) < 4.78 is 6.30. The summed E-state index contributed by atoms with van der Waals surface area (Å²) in [6.45, 7) is 1.96. The lowest BCUT2D eigenvalue weighted by Crippen LogP contribution is -2.45. The van der Waals surface area contributed by atoms with Crippen molar-refractivity contribution in [1.29, 1.82) is 0 Å². The lowest BCUT2D eigenvalue weighted by Gasteiger charge is -2.34. The van der Waals surface area contributed by atoms with Crippen LogP contribution in [-0.4, -0.2) is 18.7 Å². The van der Waals surface area contributed by atoms with Crippen molar-refractivity contribution in [3.05, 3.63) is 65.7 Å². The van der Waals surface area contributed by atoms with Crippen molar-refractivity contribution in [1.82, 2.24) is 10.6 Å². The number of rotatable bonds is 6. The van der Waals surface area contributed by atoms with Gasteiger partial charge in [-0.05, 0) is 56.7 Å². The fourth-order valence-electron chi connectivity index (χ4n) is 4.31. The molecule has 1 saturated heterocycles. The first-order valence-corrected chi connectivity index (χ1v) is 10.2. The minimum Gasteiger partial charge on any atom is -0.490 e. The third kappa shape index (κ3) is 4.28. The number of hydrogen-bond donors (Lipinski definition) is 2. The van der Waals surface area contributed by atoms with Crippen LogP contribution in [0.3, 0.4) is 0 Å². The Morgan fingerprint density at radius 2 is 1.65 bits per heavy atom. The molecule has 2 fully saturated rings. The molecule has 1 aliphatic heterocycles. The van der Waals surface area contributed by atoms with Gasteiger partial charge >= 0.3 is 0 Å². The van der Waals surface area contributed by atoms with Crippen molar-refractivity contribution in [2.75, 3.05) is 6.54 Å².